The second-order valence-corrected chi connectivity index (χ2v) is 6.48. The molecule has 0 spiro atoms. The summed E-state index contributed by atoms with van der Waals surface area (Å²) in [5.74, 6) is -1.00. The van der Waals surface area contributed by atoms with Crippen LogP contribution >= 0.6 is 0 Å². The van der Waals surface area contributed by atoms with Crippen LogP contribution in [0.25, 0.3) is 0 Å². The molecule has 1 aliphatic heterocycles. The molecule has 0 aliphatic carbocycles. The standard InChI is InChI=1S/C16H20N4O5/c1-16(2,3)24-15(23)19-14(17)11-5-4-9(8-18-11)12-6-10(25-20-12)7-13(21)22/h4-5,8,10H,6-7H2,1-3H3,(H,21,22)(H2,17,19,23). The number of hydrogen-bond donors (Lipinski definition) is 2. The molecular formula is C16H20N4O5. The Bertz CT molecular complexity index is 719. The molecule has 0 bridgehead atoms. The molecule has 2 rings (SSSR count). The fourth-order valence-electron chi connectivity index (χ4n) is 2.06. The first kappa shape index (κ1) is 18.4. The van der Waals surface area contributed by atoms with Crippen molar-refractivity contribution in [2.45, 2.75) is 45.3 Å². The average Bonchev–Trinajstić information content (AvgIpc) is 2.93. The van der Waals surface area contributed by atoms with Gasteiger partial charge in [0, 0.05) is 18.2 Å². The van der Waals surface area contributed by atoms with Crippen molar-refractivity contribution in [3.05, 3.63) is 29.6 Å². The van der Waals surface area contributed by atoms with Crippen LogP contribution in [0, 0.1) is 0 Å². The minimum absolute atomic E-state index is 0.0610. The summed E-state index contributed by atoms with van der Waals surface area (Å²) in [6.45, 7) is 5.18. The van der Waals surface area contributed by atoms with E-state index in [-0.39, 0.29) is 12.3 Å². The molecule has 1 aliphatic rings. The highest BCUT2D eigenvalue weighted by Crippen LogP contribution is 2.18. The summed E-state index contributed by atoms with van der Waals surface area (Å²) >= 11 is 0. The summed E-state index contributed by atoms with van der Waals surface area (Å²) in [7, 11) is 0. The number of carbonyl (C=O) groups excluding carboxylic acids is 1. The predicted octanol–water partition coefficient (Wildman–Crippen LogP) is 1.69. The van der Waals surface area contributed by atoms with Gasteiger partial charge < -0.3 is 20.4 Å². The van der Waals surface area contributed by atoms with Crippen molar-refractivity contribution in [2.75, 3.05) is 0 Å². The summed E-state index contributed by atoms with van der Waals surface area (Å²) < 4.78 is 5.06. The number of amidine groups is 1. The van der Waals surface area contributed by atoms with E-state index in [4.69, 9.17) is 20.4 Å². The van der Waals surface area contributed by atoms with Crippen molar-refractivity contribution in [1.82, 2.24) is 4.98 Å². The molecule has 1 aromatic heterocycles. The van der Waals surface area contributed by atoms with Gasteiger partial charge in [0.25, 0.3) is 0 Å². The number of aliphatic imine (C=N–C) groups is 1. The highest BCUT2D eigenvalue weighted by Gasteiger charge is 2.24. The second-order valence-electron chi connectivity index (χ2n) is 6.48. The zero-order valence-electron chi connectivity index (χ0n) is 14.2. The van der Waals surface area contributed by atoms with Crippen LogP contribution in [0.3, 0.4) is 0 Å². The third-order valence-electron chi connectivity index (χ3n) is 3.10. The number of amides is 1. The Hall–Kier alpha value is -2.97. The van der Waals surface area contributed by atoms with E-state index in [9.17, 15) is 9.59 Å². The van der Waals surface area contributed by atoms with Crippen molar-refractivity contribution in [3.63, 3.8) is 0 Å². The Morgan fingerprint density at radius 2 is 2.16 bits per heavy atom. The maximum absolute atomic E-state index is 11.6. The van der Waals surface area contributed by atoms with Crippen molar-refractivity contribution >= 4 is 23.6 Å². The molecule has 0 saturated heterocycles. The molecule has 0 saturated carbocycles. The Kier molecular flexibility index (Phi) is 5.35. The Morgan fingerprint density at radius 3 is 2.72 bits per heavy atom. The highest BCUT2D eigenvalue weighted by molar-refractivity contribution is 6.03. The number of hydrogen-bond acceptors (Lipinski definition) is 6. The Labute approximate surface area is 144 Å². The van der Waals surface area contributed by atoms with Gasteiger partial charge in [-0.25, -0.2) is 4.79 Å². The number of carboxylic acids is 1. The smallest absolute Gasteiger partial charge is 0.436 e. The molecule has 0 aromatic carbocycles. The molecule has 9 heteroatoms. The molecule has 0 radical (unpaired) electrons. The Morgan fingerprint density at radius 1 is 1.44 bits per heavy atom. The van der Waals surface area contributed by atoms with Gasteiger partial charge in [0.1, 0.15) is 17.4 Å². The number of oxime groups is 1. The van der Waals surface area contributed by atoms with Gasteiger partial charge in [-0.3, -0.25) is 9.78 Å². The molecule has 3 N–H and O–H groups in total. The lowest BCUT2D eigenvalue weighted by Gasteiger charge is -2.17. The molecular weight excluding hydrogens is 328 g/mol. The number of nitrogens with two attached hydrogens (primary N) is 1. The van der Waals surface area contributed by atoms with E-state index in [0.29, 0.717) is 23.4 Å². The van der Waals surface area contributed by atoms with Crippen LogP contribution in [-0.2, 0) is 14.4 Å². The van der Waals surface area contributed by atoms with Crippen LogP contribution in [0.4, 0.5) is 4.79 Å². The number of nitrogens with zero attached hydrogens (tertiary/aromatic N) is 3. The number of pyridine rings is 1. The first-order valence-electron chi connectivity index (χ1n) is 7.62. The van der Waals surface area contributed by atoms with Crippen LogP contribution in [0.1, 0.15) is 44.9 Å². The number of ether oxygens (including phenoxy) is 1. The van der Waals surface area contributed by atoms with E-state index in [1.54, 1.807) is 32.9 Å². The molecule has 9 nitrogen and oxygen atoms in total. The number of rotatable bonds is 4. The maximum Gasteiger partial charge on any atom is 0.436 e. The van der Waals surface area contributed by atoms with Gasteiger partial charge in [-0.2, -0.15) is 4.99 Å². The van der Waals surface area contributed by atoms with Crippen LogP contribution in [0.15, 0.2) is 28.5 Å². The van der Waals surface area contributed by atoms with E-state index in [0.717, 1.165) is 0 Å². The highest BCUT2D eigenvalue weighted by atomic mass is 16.6. The summed E-state index contributed by atoms with van der Waals surface area (Å²) in [6.07, 6.45) is 0.507. The monoisotopic (exact) mass is 348 g/mol. The number of carbonyl (C=O) groups is 2. The predicted molar refractivity (Wildman–Crippen MR) is 89.5 cm³/mol. The second kappa shape index (κ2) is 7.29. The van der Waals surface area contributed by atoms with Gasteiger partial charge in [0.05, 0.1) is 12.1 Å². The van der Waals surface area contributed by atoms with E-state index in [2.05, 4.69) is 15.1 Å². The fourth-order valence-corrected chi connectivity index (χ4v) is 2.06. The quantitative estimate of drug-likeness (QED) is 0.624. The van der Waals surface area contributed by atoms with E-state index in [1.807, 2.05) is 0 Å². The van der Waals surface area contributed by atoms with Gasteiger partial charge >= 0.3 is 12.1 Å². The summed E-state index contributed by atoms with van der Waals surface area (Å²) in [5, 5.41) is 12.6. The first-order valence-corrected chi connectivity index (χ1v) is 7.62. The fraction of sp³-hybridized carbons (Fsp3) is 0.438. The topological polar surface area (TPSA) is 136 Å². The minimum Gasteiger partial charge on any atom is -0.481 e. The lowest BCUT2D eigenvalue weighted by molar-refractivity contribution is -0.139. The van der Waals surface area contributed by atoms with Crippen molar-refractivity contribution in [3.8, 4) is 0 Å². The van der Waals surface area contributed by atoms with Gasteiger partial charge in [0.2, 0.25) is 0 Å². The van der Waals surface area contributed by atoms with E-state index in [1.165, 1.54) is 6.20 Å². The summed E-state index contributed by atoms with van der Waals surface area (Å²) in [6, 6.07) is 3.29. The van der Waals surface area contributed by atoms with Crippen LogP contribution in [0.5, 0.6) is 0 Å². The zero-order chi connectivity index (χ0) is 18.6. The lowest BCUT2D eigenvalue weighted by Crippen LogP contribution is -2.24. The largest absolute Gasteiger partial charge is 0.481 e. The molecule has 2 heterocycles. The van der Waals surface area contributed by atoms with E-state index < -0.39 is 23.8 Å². The van der Waals surface area contributed by atoms with Crippen LogP contribution in [0.2, 0.25) is 0 Å². The SMILES string of the molecule is CC(C)(C)OC(=O)N=C(N)c1ccc(C2=NOC(CC(=O)O)C2)cn1. The van der Waals surface area contributed by atoms with Crippen molar-refractivity contribution in [2.24, 2.45) is 15.9 Å². The maximum atomic E-state index is 11.6. The van der Waals surface area contributed by atoms with Gasteiger partial charge in [-0.05, 0) is 32.9 Å². The average molecular weight is 348 g/mol. The molecule has 25 heavy (non-hydrogen) atoms. The molecule has 1 amide bonds. The number of carboxylic acid groups (broad SMARTS) is 1. The van der Waals surface area contributed by atoms with Crippen LogP contribution < -0.4 is 5.73 Å². The molecule has 1 atom stereocenters. The summed E-state index contributed by atoms with van der Waals surface area (Å²) in [5.41, 5.74) is 6.70. The van der Waals surface area contributed by atoms with Crippen molar-refractivity contribution < 1.29 is 24.3 Å². The number of aromatic nitrogens is 1. The summed E-state index contributed by atoms with van der Waals surface area (Å²) in [4.78, 5) is 35.2. The molecule has 1 unspecified atom stereocenters. The van der Waals surface area contributed by atoms with Crippen molar-refractivity contribution in [1.29, 1.82) is 0 Å². The first-order chi connectivity index (χ1) is 11.6. The molecule has 1 aromatic rings. The normalized spacial score (nSPS) is 17.6. The minimum atomic E-state index is -0.943. The molecule has 134 valence electrons. The lowest BCUT2D eigenvalue weighted by atomic mass is 10.0. The van der Waals surface area contributed by atoms with Gasteiger partial charge in [-0.15, -0.1) is 0 Å². The van der Waals surface area contributed by atoms with E-state index >= 15 is 0 Å². The third kappa shape index (κ3) is 5.55. The van der Waals surface area contributed by atoms with Crippen LogP contribution in [-0.4, -0.2) is 45.4 Å². The number of aliphatic carboxylic acids is 1. The zero-order valence-corrected chi connectivity index (χ0v) is 14.2. The Balaban J connectivity index is 2.03. The van der Waals surface area contributed by atoms with Gasteiger partial charge in [0.15, 0.2) is 5.84 Å². The van der Waals surface area contributed by atoms with Gasteiger partial charge in [-0.1, -0.05) is 5.16 Å². The third-order valence-corrected chi connectivity index (χ3v) is 3.10. The molecule has 0 fully saturated rings.